The van der Waals surface area contributed by atoms with E-state index in [-0.39, 0.29) is 17.2 Å². The van der Waals surface area contributed by atoms with Crippen molar-refractivity contribution in [2.24, 2.45) is 0 Å². The van der Waals surface area contributed by atoms with Gasteiger partial charge in [0.2, 0.25) is 0 Å². The molecule has 0 bridgehead atoms. The van der Waals surface area contributed by atoms with Gasteiger partial charge in [-0.15, -0.1) is 0 Å². The number of amides is 1. The molecular formula is C20H21NO7. The number of hydrogen-bond donors (Lipinski definition) is 1. The van der Waals surface area contributed by atoms with Crippen LogP contribution in [0.15, 0.2) is 36.4 Å². The van der Waals surface area contributed by atoms with E-state index in [4.69, 9.17) is 18.9 Å². The molecule has 1 aliphatic heterocycles. The molecule has 2 aromatic carbocycles. The molecule has 0 unspecified atom stereocenters. The molecule has 0 fully saturated rings. The fourth-order valence-electron chi connectivity index (χ4n) is 2.67. The maximum atomic E-state index is 12.3. The Morgan fingerprint density at radius 1 is 1.11 bits per heavy atom. The third kappa shape index (κ3) is 4.46. The lowest BCUT2D eigenvalue weighted by Gasteiger charge is -2.21. The van der Waals surface area contributed by atoms with Crippen LogP contribution in [-0.4, -0.2) is 55.9 Å². The molecule has 0 saturated carbocycles. The molecule has 148 valence electrons. The first-order chi connectivity index (χ1) is 13.5. The second-order valence-electron chi connectivity index (χ2n) is 6.19. The minimum absolute atomic E-state index is 0.0388. The highest BCUT2D eigenvalue weighted by Gasteiger charge is 2.18. The fourth-order valence-corrected chi connectivity index (χ4v) is 2.67. The Bertz CT molecular complexity index is 881. The van der Waals surface area contributed by atoms with Gasteiger partial charge in [-0.3, -0.25) is 4.79 Å². The Hall–Kier alpha value is -3.42. The first-order valence-corrected chi connectivity index (χ1v) is 8.64. The topological polar surface area (TPSA) is 94.5 Å². The minimum atomic E-state index is -0.791. The Balaban J connectivity index is 1.55. The number of phenols is 1. The van der Waals surface area contributed by atoms with Crippen molar-refractivity contribution < 1.29 is 33.6 Å². The molecule has 1 heterocycles. The number of hydrogen-bond acceptors (Lipinski definition) is 7. The monoisotopic (exact) mass is 387 g/mol. The van der Waals surface area contributed by atoms with E-state index in [1.807, 2.05) is 12.1 Å². The smallest absolute Gasteiger partial charge is 0.342 e. The number of nitrogens with zero attached hydrogens (tertiary/aromatic N) is 1. The van der Waals surface area contributed by atoms with Crippen LogP contribution in [-0.2, 0) is 16.1 Å². The van der Waals surface area contributed by atoms with Crippen molar-refractivity contribution in [3.8, 4) is 23.0 Å². The van der Waals surface area contributed by atoms with Gasteiger partial charge in [0.15, 0.2) is 18.1 Å². The highest BCUT2D eigenvalue weighted by molar-refractivity contribution is 5.94. The fraction of sp³-hybridized carbons (Fsp3) is 0.300. The molecule has 1 N–H and O–H groups in total. The molecule has 28 heavy (non-hydrogen) atoms. The maximum absolute atomic E-state index is 12.3. The minimum Gasteiger partial charge on any atom is -0.507 e. The zero-order chi connectivity index (χ0) is 20.1. The Kier molecular flexibility index (Phi) is 5.88. The molecule has 0 aliphatic carbocycles. The van der Waals surface area contributed by atoms with Crippen LogP contribution in [0, 0.1) is 0 Å². The maximum Gasteiger partial charge on any atom is 0.342 e. The summed E-state index contributed by atoms with van der Waals surface area (Å²) >= 11 is 0. The van der Waals surface area contributed by atoms with Gasteiger partial charge in [0.05, 0.1) is 7.11 Å². The van der Waals surface area contributed by atoms with Crippen molar-refractivity contribution in [3.63, 3.8) is 0 Å². The van der Waals surface area contributed by atoms with Crippen LogP contribution in [0.1, 0.15) is 15.9 Å². The van der Waals surface area contributed by atoms with Crippen molar-refractivity contribution in [3.05, 3.63) is 47.5 Å². The number of benzene rings is 2. The number of ether oxygens (including phenoxy) is 4. The standard InChI is InChI=1S/C20H21NO7/c1-21(11-13-3-6-17-18(9-13)27-8-7-26-17)19(23)12-28-20(24)15-5-4-14(25-2)10-16(15)22/h3-6,9-10,22H,7-8,11-12H2,1-2H3. The Labute approximate surface area is 162 Å². The van der Waals surface area contributed by atoms with E-state index >= 15 is 0 Å². The first kappa shape index (κ1) is 19.3. The van der Waals surface area contributed by atoms with Gasteiger partial charge in [-0.25, -0.2) is 4.79 Å². The van der Waals surface area contributed by atoms with E-state index in [1.54, 1.807) is 13.1 Å². The largest absolute Gasteiger partial charge is 0.507 e. The summed E-state index contributed by atoms with van der Waals surface area (Å²) in [4.78, 5) is 25.8. The number of esters is 1. The summed E-state index contributed by atoms with van der Waals surface area (Å²) < 4.78 is 21.0. The second-order valence-corrected chi connectivity index (χ2v) is 6.19. The third-order valence-corrected chi connectivity index (χ3v) is 4.20. The van der Waals surface area contributed by atoms with Crippen LogP contribution in [0.25, 0.3) is 0 Å². The molecule has 1 amide bonds. The molecule has 0 aromatic heterocycles. The number of aromatic hydroxyl groups is 1. The molecule has 8 heteroatoms. The molecule has 8 nitrogen and oxygen atoms in total. The lowest BCUT2D eigenvalue weighted by atomic mass is 10.2. The van der Waals surface area contributed by atoms with Gasteiger partial charge in [-0.2, -0.15) is 0 Å². The van der Waals surface area contributed by atoms with Gasteiger partial charge >= 0.3 is 5.97 Å². The van der Waals surface area contributed by atoms with Gasteiger partial charge in [0.25, 0.3) is 5.91 Å². The first-order valence-electron chi connectivity index (χ1n) is 8.64. The van der Waals surface area contributed by atoms with Crippen LogP contribution >= 0.6 is 0 Å². The predicted octanol–water partition coefficient (Wildman–Crippen LogP) is 1.99. The van der Waals surface area contributed by atoms with Crippen molar-refractivity contribution >= 4 is 11.9 Å². The summed E-state index contributed by atoms with van der Waals surface area (Å²) in [6, 6.07) is 9.66. The van der Waals surface area contributed by atoms with Crippen molar-refractivity contribution in [2.75, 3.05) is 34.0 Å². The zero-order valence-electron chi connectivity index (χ0n) is 15.6. The molecule has 0 radical (unpaired) electrons. The van der Waals surface area contributed by atoms with Crippen molar-refractivity contribution in [1.29, 1.82) is 0 Å². The normalized spacial score (nSPS) is 12.2. The molecule has 3 rings (SSSR count). The van der Waals surface area contributed by atoms with E-state index in [1.165, 1.54) is 30.2 Å². The van der Waals surface area contributed by atoms with E-state index in [9.17, 15) is 14.7 Å². The van der Waals surface area contributed by atoms with E-state index in [2.05, 4.69) is 0 Å². The lowest BCUT2D eigenvalue weighted by molar-refractivity contribution is -0.133. The van der Waals surface area contributed by atoms with Gasteiger partial charge in [0, 0.05) is 19.7 Å². The van der Waals surface area contributed by atoms with E-state index in [0.717, 1.165) is 5.56 Å². The van der Waals surface area contributed by atoms with Crippen LogP contribution in [0.3, 0.4) is 0 Å². The number of fused-ring (bicyclic) bond motifs is 1. The summed E-state index contributed by atoms with van der Waals surface area (Å²) in [6.45, 7) is 0.880. The number of carbonyl (C=O) groups is 2. The quantitative estimate of drug-likeness (QED) is 0.758. The molecule has 0 atom stereocenters. The number of likely N-dealkylation sites (N-methyl/N-ethyl adjacent to an activating group) is 1. The summed E-state index contributed by atoms with van der Waals surface area (Å²) in [5.41, 5.74) is 0.822. The number of methoxy groups -OCH3 is 1. The average Bonchev–Trinajstić information content (AvgIpc) is 2.71. The van der Waals surface area contributed by atoms with Crippen molar-refractivity contribution in [1.82, 2.24) is 4.90 Å². The summed E-state index contributed by atoms with van der Waals surface area (Å²) in [5, 5.41) is 9.86. The molecule has 0 spiro atoms. The van der Waals surface area contributed by atoms with Crippen LogP contribution in [0.2, 0.25) is 0 Å². The third-order valence-electron chi connectivity index (χ3n) is 4.20. The molecular weight excluding hydrogens is 366 g/mol. The summed E-state index contributed by atoms with van der Waals surface area (Å²) in [7, 11) is 3.06. The van der Waals surface area contributed by atoms with Gasteiger partial charge in [-0.05, 0) is 29.8 Å². The Morgan fingerprint density at radius 2 is 1.86 bits per heavy atom. The van der Waals surface area contributed by atoms with Gasteiger partial charge in [-0.1, -0.05) is 6.07 Å². The van der Waals surface area contributed by atoms with Crippen LogP contribution < -0.4 is 14.2 Å². The lowest BCUT2D eigenvalue weighted by Crippen LogP contribution is -2.31. The summed E-state index contributed by atoms with van der Waals surface area (Å²) in [5.74, 6) is 0.284. The highest BCUT2D eigenvalue weighted by atomic mass is 16.6. The highest BCUT2D eigenvalue weighted by Crippen LogP contribution is 2.31. The average molecular weight is 387 g/mol. The SMILES string of the molecule is COc1ccc(C(=O)OCC(=O)N(C)Cc2ccc3c(c2)OCCO3)c(O)c1. The number of carbonyl (C=O) groups excluding carboxylic acids is 2. The van der Waals surface area contributed by atoms with Gasteiger partial charge in [0.1, 0.15) is 30.3 Å². The zero-order valence-corrected chi connectivity index (χ0v) is 15.6. The Morgan fingerprint density at radius 3 is 2.57 bits per heavy atom. The molecule has 2 aromatic rings. The molecule has 1 aliphatic rings. The van der Waals surface area contributed by atoms with Gasteiger partial charge < -0.3 is 29.0 Å². The summed E-state index contributed by atoms with van der Waals surface area (Å²) in [6.07, 6.45) is 0. The van der Waals surface area contributed by atoms with Crippen LogP contribution in [0.4, 0.5) is 0 Å². The number of phenolic OH excluding ortho intramolecular Hbond substituents is 1. The van der Waals surface area contributed by atoms with Crippen LogP contribution in [0.5, 0.6) is 23.0 Å². The molecule has 0 saturated heterocycles. The second kappa shape index (κ2) is 8.51. The number of rotatable bonds is 6. The van der Waals surface area contributed by atoms with E-state index in [0.29, 0.717) is 37.0 Å². The van der Waals surface area contributed by atoms with E-state index < -0.39 is 12.6 Å². The van der Waals surface area contributed by atoms with Crippen molar-refractivity contribution in [2.45, 2.75) is 6.54 Å². The predicted molar refractivity (Wildman–Crippen MR) is 98.8 cm³/mol.